The highest BCUT2D eigenvalue weighted by atomic mass is 16.5. The lowest BCUT2D eigenvalue weighted by molar-refractivity contribution is -0.126. The summed E-state index contributed by atoms with van der Waals surface area (Å²) in [7, 11) is 0. The fraction of sp³-hybridized carbons (Fsp3) is 0.154. The van der Waals surface area contributed by atoms with E-state index in [1.165, 1.54) is 6.08 Å². The molecule has 0 aliphatic carbocycles. The van der Waals surface area contributed by atoms with E-state index in [9.17, 15) is 4.79 Å². The minimum absolute atomic E-state index is 0.0362. The monoisotopic (exact) mass is 426 g/mol. The van der Waals surface area contributed by atoms with E-state index in [0.29, 0.717) is 31.9 Å². The lowest BCUT2D eigenvalue weighted by Gasteiger charge is -2.35. The number of hydrogen-bond donors (Lipinski definition) is 1. The van der Waals surface area contributed by atoms with E-state index in [4.69, 9.17) is 15.5 Å². The molecule has 1 fully saturated rings. The molecule has 3 aromatic rings. The van der Waals surface area contributed by atoms with Crippen LogP contribution in [-0.4, -0.2) is 42.0 Å². The number of pyridine rings is 1. The lowest BCUT2D eigenvalue weighted by Crippen LogP contribution is -2.48. The molecule has 0 unspecified atom stereocenters. The zero-order valence-electron chi connectivity index (χ0n) is 17.9. The van der Waals surface area contributed by atoms with Gasteiger partial charge in [-0.2, -0.15) is 0 Å². The summed E-state index contributed by atoms with van der Waals surface area (Å²) < 4.78 is 5.89. The molecule has 1 saturated heterocycles. The standard InChI is InChI=1S/C26H26N4O2/c1-3-25(31)30-17-15-29(16-18-30)24-14-13-23(19(2)27)26(28-24)20-9-11-22(12-10-20)32-21-7-5-4-6-8-21/h3-14H,1-2,15-18,27H2. The SMILES string of the molecule is C=CC(=O)N1CCN(c2ccc(C(=C)N)c(-c3ccc(Oc4ccccc4)cc3)n2)CC1. The summed E-state index contributed by atoms with van der Waals surface area (Å²) in [6.07, 6.45) is 1.36. The number of hydrogen-bond acceptors (Lipinski definition) is 5. The Morgan fingerprint density at radius 2 is 1.59 bits per heavy atom. The van der Waals surface area contributed by atoms with E-state index in [-0.39, 0.29) is 5.91 Å². The Bertz CT molecular complexity index is 1120. The first-order valence-corrected chi connectivity index (χ1v) is 10.5. The minimum Gasteiger partial charge on any atom is -0.457 e. The summed E-state index contributed by atoms with van der Waals surface area (Å²) >= 11 is 0. The molecule has 0 bridgehead atoms. The maximum Gasteiger partial charge on any atom is 0.246 e. The Kier molecular flexibility index (Phi) is 6.22. The molecule has 1 aliphatic rings. The molecule has 4 rings (SSSR count). The Morgan fingerprint density at radius 1 is 0.938 bits per heavy atom. The molecule has 162 valence electrons. The molecule has 1 amide bonds. The first-order chi connectivity index (χ1) is 15.5. The number of ether oxygens (including phenoxy) is 1. The predicted octanol–water partition coefficient (Wildman–Crippen LogP) is 4.30. The van der Waals surface area contributed by atoms with Gasteiger partial charge in [0.1, 0.15) is 17.3 Å². The van der Waals surface area contributed by atoms with E-state index in [2.05, 4.69) is 18.1 Å². The molecule has 0 radical (unpaired) electrons. The van der Waals surface area contributed by atoms with Crippen molar-refractivity contribution in [2.45, 2.75) is 0 Å². The van der Waals surface area contributed by atoms with Crippen molar-refractivity contribution >= 4 is 17.4 Å². The molecule has 1 aromatic heterocycles. The molecule has 0 atom stereocenters. The third kappa shape index (κ3) is 4.64. The maximum absolute atomic E-state index is 11.9. The lowest BCUT2D eigenvalue weighted by atomic mass is 10.0. The Balaban J connectivity index is 1.57. The van der Waals surface area contributed by atoms with Gasteiger partial charge in [-0.05, 0) is 54.6 Å². The smallest absolute Gasteiger partial charge is 0.246 e. The van der Waals surface area contributed by atoms with Crippen LogP contribution in [0.4, 0.5) is 5.82 Å². The summed E-state index contributed by atoms with van der Waals surface area (Å²) in [5.74, 6) is 2.34. The van der Waals surface area contributed by atoms with Gasteiger partial charge in [0.15, 0.2) is 0 Å². The van der Waals surface area contributed by atoms with E-state index in [0.717, 1.165) is 34.1 Å². The predicted molar refractivity (Wildman–Crippen MR) is 128 cm³/mol. The van der Waals surface area contributed by atoms with Gasteiger partial charge in [0, 0.05) is 43.0 Å². The van der Waals surface area contributed by atoms with Crippen molar-refractivity contribution in [3.05, 3.63) is 91.5 Å². The van der Waals surface area contributed by atoms with E-state index in [1.807, 2.05) is 66.7 Å². The van der Waals surface area contributed by atoms with Crippen molar-refractivity contribution in [1.29, 1.82) is 0 Å². The number of piperazine rings is 1. The van der Waals surface area contributed by atoms with Gasteiger partial charge >= 0.3 is 0 Å². The van der Waals surface area contributed by atoms with Crippen LogP contribution >= 0.6 is 0 Å². The number of nitrogens with zero attached hydrogens (tertiary/aromatic N) is 3. The summed E-state index contributed by atoms with van der Waals surface area (Å²) in [6, 6.07) is 21.3. The first kappa shape index (κ1) is 21.2. The second-order valence-electron chi connectivity index (χ2n) is 7.55. The van der Waals surface area contributed by atoms with Crippen LogP contribution in [0.2, 0.25) is 0 Å². The van der Waals surface area contributed by atoms with E-state index in [1.54, 1.807) is 4.90 Å². The van der Waals surface area contributed by atoms with Crippen molar-refractivity contribution in [2.75, 3.05) is 31.1 Å². The van der Waals surface area contributed by atoms with Crippen LogP contribution in [0, 0.1) is 0 Å². The van der Waals surface area contributed by atoms with Gasteiger partial charge in [-0.15, -0.1) is 0 Å². The van der Waals surface area contributed by atoms with Crippen LogP contribution in [0.3, 0.4) is 0 Å². The molecular weight excluding hydrogens is 400 g/mol. The number of anilines is 1. The third-order valence-corrected chi connectivity index (χ3v) is 5.42. The highest BCUT2D eigenvalue weighted by Crippen LogP contribution is 2.30. The minimum atomic E-state index is -0.0362. The number of amides is 1. The van der Waals surface area contributed by atoms with Crippen molar-refractivity contribution in [1.82, 2.24) is 9.88 Å². The zero-order valence-corrected chi connectivity index (χ0v) is 17.9. The first-order valence-electron chi connectivity index (χ1n) is 10.5. The fourth-order valence-corrected chi connectivity index (χ4v) is 3.69. The molecule has 6 heteroatoms. The largest absolute Gasteiger partial charge is 0.457 e. The summed E-state index contributed by atoms with van der Waals surface area (Å²) in [4.78, 5) is 20.7. The van der Waals surface area contributed by atoms with Crippen LogP contribution in [0.1, 0.15) is 5.56 Å². The average molecular weight is 427 g/mol. The number of aromatic nitrogens is 1. The summed E-state index contributed by atoms with van der Waals surface area (Å²) in [6.45, 7) is 10.2. The molecule has 0 spiro atoms. The Hall–Kier alpha value is -4.06. The van der Waals surface area contributed by atoms with Gasteiger partial charge in [-0.3, -0.25) is 4.79 Å². The number of nitrogens with two attached hydrogens (primary N) is 1. The molecule has 2 aromatic carbocycles. The molecule has 0 saturated carbocycles. The second-order valence-corrected chi connectivity index (χ2v) is 7.55. The molecule has 2 N–H and O–H groups in total. The van der Waals surface area contributed by atoms with Crippen LogP contribution in [0.5, 0.6) is 11.5 Å². The van der Waals surface area contributed by atoms with Crippen LogP contribution in [0.15, 0.2) is 86.0 Å². The maximum atomic E-state index is 11.9. The van der Waals surface area contributed by atoms with Crippen molar-refractivity contribution in [3.8, 4) is 22.8 Å². The molecule has 32 heavy (non-hydrogen) atoms. The molecular formula is C26H26N4O2. The summed E-state index contributed by atoms with van der Waals surface area (Å²) in [5, 5.41) is 0. The Morgan fingerprint density at radius 3 is 2.22 bits per heavy atom. The molecule has 1 aliphatic heterocycles. The van der Waals surface area contributed by atoms with Gasteiger partial charge in [-0.25, -0.2) is 4.98 Å². The number of para-hydroxylation sites is 1. The number of benzene rings is 2. The normalized spacial score (nSPS) is 13.5. The quantitative estimate of drug-likeness (QED) is 0.595. The third-order valence-electron chi connectivity index (χ3n) is 5.42. The topological polar surface area (TPSA) is 71.7 Å². The van der Waals surface area contributed by atoms with Crippen molar-refractivity contribution < 1.29 is 9.53 Å². The van der Waals surface area contributed by atoms with Crippen molar-refractivity contribution in [2.24, 2.45) is 5.73 Å². The van der Waals surface area contributed by atoms with Gasteiger partial charge in [0.25, 0.3) is 0 Å². The van der Waals surface area contributed by atoms with Crippen LogP contribution < -0.4 is 15.4 Å². The van der Waals surface area contributed by atoms with Gasteiger partial charge < -0.3 is 20.3 Å². The van der Waals surface area contributed by atoms with Gasteiger partial charge in [-0.1, -0.05) is 31.4 Å². The zero-order chi connectivity index (χ0) is 22.5. The number of rotatable bonds is 6. The number of carbonyl (C=O) groups is 1. The molecule has 2 heterocycles. The summed E-state index contributed by atoms with van der Waals surface area (Å²) in [5.41, 5.74) is 9.01. The van der Waals surface area contributed by atoms with Gasteiger partial charge in [0.05, 0.1) is 5.69 Å². The highest BCUT2D eigenvalue weighted by Gasteiger charge is 2.21. The highest BCUT2D eigenvalue weighted by molar-refractivity contribution is 5.87. The fourth-order valence-electron chi connectivity index (χ4n) is 3.69. The van der Waals surface area contributed by atoms with Crippen LogP contribution in [-0.2, 0) is 4.79 Å². The molecule has 6 nitrogen and oxygen atoms in total. The van der Waals surface area contributed by atoms with Gasteiger partial charge in [0.2, 0.25) is 5.91 Å². The number of carbonyl (C=O) groups excluding carboxylic acids is 1. The average Bonchev–Trinajstić information content (AvgIpc) is 2.84. The van der Waals surface area contributed by atoms with Crippen molar-refractivity contribution in [3.63, 3.8) is 0 Å². The Labute approximate surface area is 188 Å². The van der Waals surface area contributed by atoms with Crippen LogP contribution in [0.25, 0.3) is 17.0 Å². The van der Waals surface area contributed by atoms with E-state index >= 15 is 0 Å². The van der Waals surface area contributed by atoms with E-state index < -0.39 is 0 Å². The second kappa shape index (κ2) is 9.39.